The third-order valence-corrected chi connectivity index (χ3v) is 2.60. The lowest BCUT2D eigenvalue weighted by Crippen LogP contribution is -2.35. The average Bonchev–Trinajstić information content (AvgIpc) is 2.43. The monoisotopic (exact) mass is 219 g/mol. The van der Waals surface area contributed by atoms with Crippen LogP contribution >= 0.6 is 0 Å². The molecule has 2 amide bonds. The summed E-state index contributed by atoms with van der Waals surface area (Å²) in [4.78, 5) is 28.6. The van der Waals surface area contributed by atoms with Crippen molar-refractivity contribution in [1.82, 2.24) is 10.3 Å². The molecule has 0 bridgehead atoms. The summed E-state index contributed by atoms with van der Waals surface area (Å²) >= 11 is 0. The smallest absolute Gasteiger partial charge is 0.246 e. The van der Waals surface area contributed by atoms with Crippen LogP contribution in [-0.4, -0.2) is 29.9 Å². The summed E-state index contributed by atoms with van der Waals surface area (Å²) in [6.45, 7) is 2.40. The summed E-state index contributed by atoms with van der Waals surface area (Å²) in [5, 5.41) is 2.56. The third-order valence-electron chi connectivity index (χ3n) is 2.60. The highest BCUT2D eigenvalue weighted by Crippen LogP contribution is 2.19. The summed E-state index contributed by atoms with van der Waals surface area (Å²) in [5.74, 6) is -0.181. The van der Waals surface area contributed by atoms with Gasteiger partial charge in [-0.1, -0.05) is 0 Å². The lowest BCUT2D eigenvalue weighted by Gasteiger charge is -2.21. The Kier molecular flexibility index (Phi) is 2.85. The van der Waals surface area contributed by atoms with Gasteiger partial charge in [-0.3, -0.25) is 14.6 Å². The summed E-state index contributed by atoms with van der Waals surface area (Å²) in [7, 11) is 0. The molecule has 2 heterocycles. The van der Waals surface area contributed by atoms with E-state index in [0.29, 0.717) is 13.0 Å². The van der Waals surface area contributed by atoms with Crippen molar-refractivity contribution in [2.24, 2.45) is 0 Å². The summed E-state index contributed by atoms with van der Waals surface area (Å²) in [5.41, 5.74) is 1.77. The Bertz CT molecular complexity index is 431. The van der Waals surface area contributed by atoms with Crippen molar-refractivity contribution in [3.63, 3.8) is 0 Å². The number of amides is 2. The highest BCUT2D eigenvalue weighted by molar-refractivity contribution is 5.99. The topological polar surface area (TPSA) is 62.3 Å². The maximum atomic E-state index is 11.8. The van der Waals surface area contributed by atoms with E-state index in [4.69, 9.17) is 0 Å². The lowest BCUT2D eigenvalue weighted by atomic mass is 10.2. The highest BCUT2D eigenvalue weighted by atomic mass is 16.2. The fourth-order valence-electron chi connectivity index (χ4n) is 1.69. The fourth-order valence-corrected chi connectivity index (χ4v) is 1.69. The molecule has 0 aromatic carbocycles. The average molecular weight is 219 g/mol. The van der Waals surface area contributed by atoms with Crippen molar-refractivity contribution in [2.75, 3.05) is 18.0 Å². The maximum Gasteiger partial charge on any atom is 0.246 e. The number of carbonyl (C=O) groups is 2. The molecule has 1 saturated heterocycles. The number of nitrogens with one attached hydrogen (secondary N) is 1. The Morgan fingerprint density at radius 3 is 3.00 bits per heavy atom. The van der Waals surface area contributed by atoms with Gasteiger partial charge in [0.05, 0.1) is 18.4 Å². The molecule has 1 aliphatic rings. The SMILES string of the molecule is Cc1ccncc1N1CCC(=O)NCC1=O. The van der Waals surface area contributed by atoms with Crippen LogP contribution in [0.1, 0.15) is 12.0 Å². The number of aromatic nitrogens is 1. The van der Waals surface area contributed by atoms with E-state index in [-0.39, 0.29) is 18.4 Å². The standard InChI is InChI=1S/C11H13N3O2/c1-8-2-4-12-6-9(8)14-5-3-10(15)13-7-11(14)16/h2,4,6H,3,5,7H2,1H3,(H,13,15). The molecule has 1 aliphatic heterocycles. The van der Waals surface area contributed by atoms with Crippen molar-refractivity contribution in [3.8, 4) is 0 Å². The van der Waals surface area contributed by atoms with Gasteiger partial charge in [0.2, 0.25) is 11.8 Å². The molecule has 2 rings (SSSR count). The van der Waals surface area contributed by atoms with Crippen molar-refractivity contribution >= 4 is 17.5 Å². The predicted molar refractivity (Wildman–Crippen MR) is 59.0 cm³/mol. The minimum atomic E-state index is -0.0954. The first-order chi connectivity index (χ1) is 7.68. The minimum absolute atomic E-state index is 0.0627. The molecule has 1 aromatic rings. The van der Waals surface area contributed by atoms with Gasteiger partial charge in [-0.15, -0.1) is 0 Å². The predicted octanol–water partition coefficient (Wildman–Crippen LogP) is 0.243. The van der Waals surface area contributed by atoms with Gasteiger partial charge in [-0.25, -0.2) is 0 Å². The van der Waals surface area contributed by atoms with E-state index >= 15 is 0 Å². The molecule has 0 saturated carbocycles. The maximum absolute atomic E-state index is 11.8. The number of hydrogen-bond donors (Lipinski definition) is 1. The molecule has 0 radical (unpaired) electrons. The van der Waals surface area contributed by atoms with E-state index in [1.54, 1.807) is 17.3 Å². The molecule has 0 atom stereocenters. The molecular formula is C11H13N3O2. The van der Waals surface area contributed by atoms with Crippen LogP contribution in [0.2, 0.25) is 0 Å². The zero-order valence-electron chi connectivity index (χ0n) is 9.06. The Balaban J connectivity index is 2.29. The van der Waals surface area contributed by atoms with Gasteiger partial charge in [-0.05, 0) is 18.6 Å². The van der Waals surface area contributed by atoms with E-state index in [2.05, 4.69) is 10.3 Å². The molecule has 0 aliphatic carbocycles. The van der Waals surface area contributed by atoms with Crippen LogP contribution in [0, 0.1) is 6.92 Å². The van der Waals surface area contributed by atoms with E-state index in [0.717, 1.165) is 11.3 Å². The van der Waals surface area contributed by atoms with Gasteiger partial charge in [0, 0.05) is 19.2 Å². The molecule has 1 aromatic heterocycles. The van der Waals surface area contributed by atoms with E-state index in [1.165, 1.54) is 0 Å². The largest absolute Gasteiger partial charge is 0.347 e. The Morgan fingerprint density at radius 2 is 2.25 bits per heavy atom. The van der Waals surface area contributed by atoms with E-state index < -0.39 is 0 Å². The number of rotatable bonds is 1. The zero-order chi connectivity index (χ0) is 11.5. The first-order valence-corrected chi connectivity index (χ1v) is 5.16. The molecule has 0 unspecified atom stereocenters. The van der Waals surface area contributed by atoms with Crippen LogP contribution in [0.15, 0.2) is 18.5 Å². The molecule has 1 fully saturated rings. The molecule has 5 heteroatoms. The summed E-state index contributed by atoms with van der Waals surface area (Å²) < 4.78 is 0. The summed E-state index contributed by atoms with van der Waals surface area (Å²) in [6, 6.07) is 1.85. The Morgan fingerprint density at radius 1 is 1.44 bits per heavy atom. The number of anilines is 1. The Hall–Kier alpha value is -1.91. The molecule has 5 nitrogen and oxygen atoms in total. The van der Waals surface area contributed by atoms with Gasteiger partial charge >= 0.3 is 0 Å². The van der Waals surface area contributed by atoms with E-state index in [1.807, 2.05) is 13.0 Å². The first kappa shape index (κ1) is 10.6. The number of nitrogens with zero attached hydrogens (tertiary/aromatic N) is 2. The number of pyridine rings is 1. The van der Waals surface area contributed by atoms with Gasteiger partial charge in [0.1, 0.15) is 0 Å². The number of aryl methyl sites for hydroxylation is 1. The molecule has 16 heavy (non-hydrogen) atoms. The highest BCUT2D eigenvalue weighted by Gasteiger charge is 2.22. The molecular weight excluding hydrogens is 206 g/mol. The number of carbonyl (C=O) groups excluding carboxylic acids is 2. The van der Waals surface area contributed by atoms with Gasteiger partial charge < -0.3 is 10.2 Å². The normalized spacial score (nSPS) is 16.9. The van der Waals surface area contributed by atoms with Crippen molar-refractivity contribution in [1.29, 1.82) is 0 Å². The van der Waals surface area contributed by atoms with Crippen LogP contribution in [0.5, 0.6) is 0 Å². The Labute approximate surface area is 93.5 Å². The van der Waals surface area contributed by atoms with E-state index in [9.17, 15) is 9.59 Å². The molecule has 0 spiro atoms. The molecule has 1 N–H and O–H groups in total. The first-order valence-electron chi connectivity index (χ1n) is 5.16. The summed E-state index contributed by atoms with van der Waals surface area (Å²) in [6.07, 6.45) is 3.67. The van der Waals surface area contributed by atoms with Crippen molar-refractivity contribution in [3.05, 3.63) is 24.0 Å². The lowest BCUT2D eigenvalue weighted by molar-refractivity contribution is -0.123. The van der Waals surface area contributed by atoms with Crippen LogP contribution < -0.4 is 10.2 Å². The molecule has 84 valence electrons. The third kappa shape index (κ3) is 2.03. The fraction of sp³-hybridized carbons (Fsp3) is 0.364. The van der Waals surface area contributed by atoms with Gasteiger partial charge in [0.15, 0.2) is 0 Å². The van der Waals surface area contributed by atoms with Crippen molar-refractivity contribution < 1.29 is 9.59 Å². The second-order valence-corrected chi connectivity index (χ2v) is 3.73. The van der Waals surface area contributed by atoms with Crippen LogP contribution in [0.25, 0.3) is 0 Å². The van der Waals surface area contributed by atoms with Crippen molar-refractivity contribution in [2.45, 2.75) is 13.3 Å². The minimum Gasteiger partial charge on any atom is -0.347 e. The zero-order valence-corrected chi connectivity index (χ0v) is 9.06. The van der Waals surface area contributed by atoms with Crippen LogP contribution in [-0.2, 0) is 9.59 Å². The van der Waals surface area contributed by atoms with Crippen LogP contribution in [0.3, 0.4) is 0 Å². The van der Waals surface area contributed by atoms with Gasteiger partial charge in [0.25, 0.3) is 0 Å². The second kappa shape index (κ2) is 4.30. The van der Waals surface area contributed by atoms with Crippen LogP contribution in [0.4, 0.5) is 5.69 Å². The quantitative estimate of drug-likeness (QED) is 0.736. The van der Waals surface area contributed by atoms with Gasteiger partial charge in [-0.2, -0.15) is 0 Å². The number of hydrogen-bond acceptors (Lipinski definition) is 3. The second-order valence-electron chi connectivity index (χ2n) is 3.73.